The van der Waals surface area contributed by atoms with Crippen LogP contribution in [0.3, 0.4) is 0 Å². The molecule has 1 spiro atoms. The monoisotopic (exact) mass is 359 g/mol. The number of nitrogens with zero attached hydrogens (tertiary/aromatic N) is 3. The van der Waals surface area contributed by atoms with Crippen LogP contribution in [-0.4, -0.2) is 73.3 Å². The summed E-state index contributed by atoms with van der Waals surface area (Å²) in [5, 5.41) is 0. The Bertz CT molecular complexity index is 596. The molecule has 0 saturated carbocycles. The second-order valence-corrected chi connectivity index (χ2v) is 8.00. The van der Waals surface area contributed by atoms with Crippen molar-refractivity contribution in [2.24, 2.45) is 11.3 Å². The topological polar surface area (TPSA) is 54.9 Å². The molecule has 0 radical (unpaired) electrons. The number of carbonyl (C=O) groups excluding carboxylic acids is 1. The van der Waals surface area contributed by atoms with E-state index < -0.39 is 0 Å². The van der Waals surface area contributed by atoms with Crippen molar-refractivity contribution in [3.8, 4) is 0 Å². The average Bonchev–Trinajstić information content (AvgIpc) is 3.14. The molecule has 4 rings (SSSR count). The summed E-state index contributed by atoms with van der Waals surface area (Å²) in [6, 6.07) is 4.17. The van der Waals surface area contributed by atoms with Gasteiger partial charge in [-0.1, -0.05) is 0 Å². The molecular weight excluding hydrogens is 330 g/mol. The van der Waals surface area contributed by atoms with Crippen molar-refractivity contribution in [2.45, 2.75) is 25.8 Å². The van der Waals surface area contributed by atoms with Gasteiger partial charge < -0.3 is 14.4 Å². The second-order valence-electron chi connectivity index (χ2n) is 8.00. The molecule has 3 aliphatic rings. The Morgan fingerprint density at radius 1 is 1.15 bits per heavy atom. The molecule has 26 heavy (non-hydrogen) atoms. The molecule has 1 atom stereocenters. The summed E-state index contributed by atoms with van der Waals surface area (Å²) < 4.78 is 11.4. The highest BCUT2D eigenvalue weighted by Crippen LogP contribution is 2.35. The van der Waals surface area contributed by atoms with Gasteiger partial charge in [0.15, 0.2) is 0 Å². The predicted molar refractivity (Wildman–Crippen MR) is 97.5 cm³/mol. The number of carbonyl (C=O) groups is 1. The summed E-state index contributed by atoms with van der Waals surface area (Å²) in [5.74, 6) is 0.373. The number of aromatic nitrogens is 1. The normalized spacial score (nSPS) is 26.8. The van der Waals surface area contributed by atoms with Crippen molar-refractivity contribution in [1.29, 1.82) is 0 Å². The van der Waals surface area contributed by atoms with Crippen molar-refractivity contribution in [2.75, 3.05) is 52.6 Å². The van der Waals surface area contributed by atoms with Crippen LogP contribution in [0.25, 0.3) is 0 Å². The first-order valence-electron chi connectivity index (χ1n) is 9.80. The Labute approximate surface area is 155 Å². The van der Waals surface area contributed by atoms with Gasteiger partial charge in [-0.2, -0.15) is 0 Å². The van der Waals surface area contributed by atoms with Crippen LogP contribution in [0.4, 0.5) is 0 Å². The van der Waals surface area contributed by atoms with E-state index in [0.29, 0.717) is 12.5 Å². The van der Waals surface area contributed by atoms with E-state index in [1.54, 1.807) is 0 Å². The van der Waals surface area contributed by atoms with Gasteiger partial charge in [0.1, 0.15) is 0 Å². The lowest BCUT2D eigenvalue weighted by molar-refractivity contribution is -0.138. The van der Waals surface area contributed by atoms with Crippen LogP contribution in [0.2, 0.25) is 0 Å². The summed E-state index contributed by atoms with van der Waals surface area (Å²) in [7, 11) is 0. The van der Waals surface area contributed by atoms with Gasteiger partial charge in [0.25, 0.3) is 0 Å². The zero-order valence-corrected chi connectivity index (χ0v) is 15.4. The number of piperidine rings is 1. The summed E-state index contributed by atoms with van der Waals surface area (Å²) in [6.45, 7) is 7.58. The van der Waals surface area contributed by atoms with Crippen LogP contribution in [0.1, 0.15) is 24.8 Å². The first-order chi connectivity index (χ1) is 12.7. The number of amides is 1. The molecule has 6 nitrogen and oxygen atoms in total. The van der Waals surface area contributed by atoms with Crippen molar-refractivity contribution in [3.05, 3.63) is 30.1 Å². The van der Waals surface area contributed by atoms with E-state index in [2.05, 4.69) is 26.9 Å². The van der Waals surface area contributed by atoms with Gasteiger partial charge in [-0.3, -0.25) is 14.7 Å². The minimum atomic E-state index is 0.0811. The highest BCUT2D eigenvalue weighted by molar-refractivity contribution is 5.79. The number of hydrogen-bond acceptors (Lipinski definition) is 5. The minimum Gasteiger partial charge on any atom is -0.381 e. The van der Waals surface area contributed by atoms with Gasteiger partial charge in [-0.05, 0) is 37.0 Å². The Hall–Kier alpha value is -1.50. The first-order valence-corrected chi connectivity index (χ1v) is 9.80. The fraction of sp³-hybridized carbons (Fsp3) is 0.700. The predicted octanol–water partition coefficient (Wildman–Crippen LogP) is 1.56. The lowest BCUT2D eigenvalue weighted by Gasteiger charge is -2.43. The van der Waals surface area contributed by atoms with E-state index >= 15 is 0 Å². The molecule has 142 valence electrons. The molecule has 4 heterocycles. The standard InChI is InChI=1S/C20H29N3O3/c24-19(18-3-11-25-14-18)23-8-4-20(5-9-23)15-22(10-12-26-16-20)13-17-1-6-21-7-2-17/h1-2,6-7,18H,3-5,8-16H2/t18-/m1/s1. The van der Waals surface area contributed by atoms with Gasteiger partial charge in [-0.25, -0.2) is 0 Å². The lowest BCUT2D eigenvalue weighted by Crippen LogP contribution is -2.50. The van der Waals surface area contributed by atoms with Crippen molar-refractivity contribution in [3.63, 3.8) is 0 Å². The molecule has 1 aromatic heterocycles. The minimum absolute atomic E-state index is 0.0811. The maximum absolute atomic E-state index is 12.6. The van der Waals surface area contributed by atoms with Crippen LogP contribution >= 0.6 is 0 Å². The maximum Gasteiger partial charge on any atom is 0.228 e. The van der Waals surface area contributed by atoms with Crippen molar-refractivity contribution in [1.82, 2.24) is 14.8 Å². The van der Waals surface area contributed by atoms with E-state index in [0.717, 1.165) is 71.8 Å². The lowest BCUT2D eigenvalue weighted by atomic mass is 9.78. The Balaban J connectivity index is 1.36. The molecule has 0 unspecified atom stereocenters. The van der Waals surface area contributed by atoms with Crippen LogP contribution in [-0.2, 0) is 20.8 Å². The average molecular weight is 359 g/mol. The van der Waals surface area contributed by atoms with Crippen LogP contribution in [0.15, 0.2) is 24.5 Å². The number of ether oxygens (including phenoxy) is 2. The van der Waals surface area contributed by atoms with Gasteiger partial charge in [0.2, 0.25) is 5.91 Å². The highest BCUT2D eigenvalue weighted by atomic mass is 16.5. The van der Waals surface area contributed by atoms with E-state index in [9.17, 15) is 4.79 Å². The summed E-state index contributed by atoms with van der Waals surface area (Å²) in [4.78, 5) is 21.3. The van der Waals surface area contributed by atoms with Gasteiger partial charge in [0.05, 0.1) is 25.7 Å². The Kier molecular flexibility index (Phi) is 5.52. The molecule has 0 aliphatic carbocycles. The fourth-order valence-electron chi connectivity index (χ4n) is 4.45. The number of pyridine rings is 1. The zero-order chi connectivity index (χ0) is 17.8. The molecule has 0 N–H and O–H groups in total. The van der Waals surface area contributed by atoms with Crippen molar-refractivity contribution < 1.29 is 14.3 Å². The van der Waals surface area contributed by atoms with E-state index in [1.165, 1.54) is 5.56 Å². The van der Waals surface area contributed by atoms with Crippen molar-refractivity contribution >= 4 is 5.91 Å². The first kappa shape index (κ1) is 17.9. The number of rotatable bonds is 3. The van der Waals surface area contributed by atoms with Gasteiger partial charge in [-0.15, -0.1) is 0 Å². The van der Waals surface area contributed by atoms with Gasteiger partial charge >= 0.3 is 0 Å². The smallest absolute Gasteiger partial charge is 0.228 e. The third-order valence-electron chi connectivity index (χ3n) is 6.09. The van der Waals surface area contributed by atoms with E-state index in [-0.39, 0.29) is 11.3 Å². The molecule has 6 heteroatoms. The Morgan fingerprint density at radius 3 is 2.69 bits per heavy atom. The molecule has 1 aromatic rings. The molecule has 3 fully saturated rings. The molecule has 3 saturated heterocycles. The van der Waals surface area contributed by atoms with Crippen LogP contribution in [0.5, 0.6) is 0 Å². The fourth-order valence-corrected chi connectivity index (χ4v) is 4.45. The third-order valence-corrected chi connectivity index (χ3v) is 6.09. The van der Waals surface area contributed by atoms with Crippen LogP contribution in [0, 0.1) is 11.3 Å². The van der Waals surface area contributed by atoms with E-state index in [4.69, 9.17) is 9.47 Å². The summed E-state index contributed by atoms with van der Waals surface area (Å²) >= 11 is 0. The summed E-state index contributed by atoms with van der Waals surface area (Å²) in [5.41, 5.74) is 1.47. The SMILES string of the molecule is O=C([C@@H]1CCOC1)N1CCC2(CC1)COCCN(Cc1ccncc1)C2. The molecular formula is C20H29N3O3. The molecule has 0 aromatic carbocycles. The molecule has 0 bridgehead atoms. The largest absolute Gasteiger partial charge is 0.381 e. The maximum atomic E-state index is 12.6. The van der Waals surface area contributed by atoms with E-state index in [1.807, 2.05) is 12.4 Å². The van der Waals surface area contributed by atoms with Gasteiger partial charge in [0, 0.05) is 57.1 Å². The molecule has 3 aliphatic heterocycles. The van der Waals surface area contributed by atoms with Crippen LogP contribution < -0.4 is 0 Å². The number of hydrogen-bond donors (Lipinski definition) is 0. The quantitative estimate of drug-likeness (QED) is 0.820. The number of likely N-dealkylation sites (tertiary alicyclic amines) is 1. The third kappa shape index (κ3) is 4.08. The molecule has 1 amide bonds. The highest BCUT2D eigenvalue weighted by Gasteiger charge is 2.40. The zero-order valence-electron chi connectivity index (χ0n) is 15.4. The summed E-state index contributed by atoms with van der Waals surface area (Å²) in [6.07, 6.45) is 6.65. The second kappa shape index (κ2) is 8.03. The Morgan fingerprint density at radius 2 is 1.96 bits per heavy atom.